The van der Waals surface area contributed by atoms with E-state index >= 15 is 0 Å². The number of hydrogen-bond donors (Lipinski definition) is 0. The number of amides is 1. The van der Waals surface area contributed by atoms with Gasteiger partial charge >= 0.3 is 12.1 Å². The highest BCUT2D eigenvalue weighted by Crippen LogP contribution is 2.44. The molecule has 25 heavy (non-hydrogen) atoms. The van der Waals surface area contributed by atoms with E-state index in [0.717, 1.165) is 24.8 Å². The molecule has 0 radical (unpaired) electrons. The zero-order valence-corrected chi connectivity index (χ0v) is 15.2. The quantitative estimate of drug-likeness (QED) is 0.777. The lowest BCUT2D eigenvalue weighted by Gasteiger charge is -2.28. The number of carbonyl (C=O) groups excluding carboxylic acids is 2. The van der Waals surface area contributed by atoms with Gasteiger partial charge in [0.05, 0.1) is 6.42 Å². The predicted molar refractivity (Wildman–Crippen MR) is 93.8 cm³/mol. The van der Waals surface area contributed by atoms with Gasteiger partial charge in [-0.05, 0) is 51.5 Å². The summed E-state index contributed by atoms with van der Waals surface area (Å²) in [4.78, 5) is 26.5. The molecule has 3 atom stereocenters. The Morgan fingerprint density at radius 2 is 1.88 bits per heavy atom. The third-order valence-corrected chi connectivity index (χ3v) is 4.94. The van der Waals surface area contributed by atoms with E-state index in [1.165, 1.54) is 0 Å². The van der Waals surface area contributed by atoms with Crippen LogP contribution in [0.4, 0.5) is 4.79 Å². The third kappa shape index (κ3) is 4.33. The first-order valence-electron chi connectivity index (χ1n) is 9.04. The Hall–Kier alpha value is -2.04. The minimum absolute atomic E-state index is 0.101. The molecule has 1 aromatic rings. The van der Waals surface area contributed by atoms with Gasteiger partial charge in [0.1, 0.15) is 12.2 Å². The predicted octanol–water partition coefficient (Wildman–Crippen LogP) is 3.91. The van der Waals surface area contributed by atoms with Gasteiger partial charge < -0.3 is 14.4 Å². The minimum atomic E-state index is -0.497. The van der Waals surface area contributed by atoms with Gasteiger partial charge in [-0.3, -0.25) is 4.79 Å². The molecule has 5 nitrogen and oxygen atoms in total. The first kappa shape index (κ1) is 17.8. The van der Waals surface area contributed by atoms with E-state index in [1.807, 2.05) is 56.0 Å². The first-order chi connectivity index (χ1) is 11.8. The van der Waals surface area contributed by atoms with Crippen LogP contribution in [0.3, 0.4) is 0 Å². The molecule has 1 amide bonds. The van der Waals surface area contributed by atoms with Crippen molar-refractivity contribution in [3.8, 4) is 0 Å². The van der Waals surface area contributed by atoms with Crippen LogP contribution in [0.5, 0.6) is 0 Å². The number of nitrogens with zero attached hydrogens (tertiary/aromatic N) is 1. The number of hydrogen-bond acceptors (Lipinski definition) is 4. The minimum Gasteiger partial charge on any atom is -0.461 e. The average Bonchev–Trinajstić information content (AvgIpc) is 3.10. The maximum absolute atomic E-state index is 12.5. The summed E-state index contributed by atoms with van der Waals surface area (Å²) in [7, 11) is 0. The SMILES string of the molecule is CC(C)(C)OC(=O)N1C2CCC1C(CC(=O)OCc1ccccc1)C2. The molecule has 0 aromatic heterocycles. The van der Waals surface area contributed by atoms with Crippen molar-refractivity contribution in [3.05, 3.63) is 35.9 Å². The molecule has 2 heterocycles. The van der Waals surface area contributed by atoms with Crippen LogP contribution in [-0.2, 0) is 20.9 Å². The fraction of sp³-hybridized carbons (Fsp3) is 0.600. The Bertz CT molecular complexity index is 622. The summed E-state index contributed by atoms with van der Waals surface area (Å²) in [6, 6.07) is 9.97. The van der Waals surface area contributed by atoms with Crippen molar-refractivity contribution in [1.29, 1.82) is 0 Å². The Labute approximate surface area is 149 Å². The highest BCUT2D eigenvalue weighted by atomic mass is 16.6. The maximum atomic E-state index is 12.5. The van der Waals surface area contributed by atoms with E-state index in [9.17, 15) is 9.59 Å². The van der Waals surface area contributed by atoms with Gasteiger partial charge in [0.15, 0.2) is 0 Å². The van der Waals surface area contributed by atoms with Gasteiger partial charge in [0.25, 0.3) is 0 Å². The second kappa shape index (κ2) is 7.06. The average molecular weight is 345 g/mol. The second-order valence-electron chi connectivity index (χ2n) is 8.03. The molecule has 3 unspecified atom stereocenters. The first-order valence-corrected chi connectivity index (χ1v) is 9.04. The summed E-state index contributed by atoms with van der Waals surface area (Å²) in [5, 5.41) is 0. The molecule has 2 aliphatic heterocycles. The van der Waals surface area contributed by atoms with Gasteiger partial charge in [0.2, 0.25) is 0 Å². The lowest BCUT2D eigenvalue weighted by Crippen LogP contribution is -2.40. The number of ether oxygens (including phenoxy) is 2. The molecule has 5 heteroatoms. The Balaban J connectivity index is 1.52. The van der Waals surface area contributed by atoms with Crippen molar-refractivity contribution >= 4 is 12.1 Å². The molecular weight excluding hydrogens is 318 g/mol. The van der Waals surface area contributed by atoms with Gasteiger partial charge in [0, 0.05) is 12.1 Å². The van der Waals surface area contributed by atoms with Crippen LogP contribution in [0.1, 0.15) is 52.0 Å². The van der Waals surface area contributed by atoms with Gasteiger partial charge in [-0.1, -0.05) is 30.3 Å². The molecule has 0 saturated carbocycles. The molecule has 2 fully saturated rings. The van der Waals surface area contributed by atoms with E-state index < -0.39 is 5.60 Å². The zero-order valence-electron chi connectivity index (χ0n) is 15.2. The van der Waals surface area contributed by atoms with Crippen LogP contribution >= 0.6 is 0 Å². The summed E-state index contributed by atoms with van der Waals surface area (Å²) in [6.07, 6.45) is 2.93. The lowest BCUT2D eigenvalue weighted by atomic mass is 9.87. The number of fused-ring (bicyclic) bond motifs is 2. The summed E-state index contributed by atoms with van der Waals surface area (Å²) in [6.45, 7) is 5.93. The maximum Gasteiger partial charge on any atom is 0.410 e. The van der Waals surface area contributed by atoms with Crippen LogP contribution in [0.15, 0.2) is 30.3 Å². The number of carbonyl (C=O) groups is 2. The molecule has 3 rings (SSSR count). The number of rotatable bonds is 4. The van der Waals surface area contributed by atoms with Crippen LogP contribution < -0.4 is 0 Å². The van der Waals surface area contributed by atoms with Gasteiger partial charge in [-0.2, -0.15) is 0 Å². The van der Waals surface area contributed by atoms with Crippen LogP contribution in [0.2, 0.25) is 0 Å². The van der Waals surface area contributed by atoms with Crippen LogP contribution in [0.25, 0.3) is 0 Å². The highest BCUT2D eigenvalue weighted by molar-refractivity contribution is 5.72. The molecule has 2 bridgehead atoms. The van der Waals surface area contributed by atoms with Crippen LogP contribution in [-0.4, -0.2) is 34.6 Å². The standard InChI is InChI=1S/C20H27NO4/c1-20(2,3)25-19(23)21-16-9-10-17(21)15(11-16)12-18(22)24-13-14-7-5-4-6-8-14/h4-8,15-17H,9-13H2,1-3H3. The van der Waals surface area contributed by atoms with Crippen molar-refractivity contribution in [2.75, 3.05) is 0 Å². The highest BCUT2D eigenvalue weighted by Gasteiger charge is 2.50. The van der Waals surface area contributed by atoms with Crippen molar-refractivity contribution in [3.63, 3.8) is 0 Å². The molecule has 2 saturated heterocycles. The van der Waals surface area contributed by atoms with Crippen molar-refractivity contribution in [1.82, 2.24) is 4.90 Å². The Kier molecular flexibility index (Phi) is 5.02. The lowest BCUT2D eigenvalue weighted by molar-refractivity contribution is -0.146. The Morgan fingerprint density at radius 3 is 2.56 bits per heavy atom. The van der Waals surface area contributed by atoms with E-state index in [2.05, 4.69) is 0 Å². The Morgan fingerprint density at radius 1 is 1.16 bits per heavy atom. The summed E-state index contributed by atoms with van der Waals surface area (Å²) in [5.41, 5.74) is 0.489. The summed E-state index contributed by atoms with van der Waals surface area (Å²) >= 11 is 0. The van der Waals surface area contributed by atoms with E-state index in [1.54, 1.807) is 0 Å². The molecule has 2 aliphatic rings. The topological polar surface area (TPSA) is 55.8 Å². The number of benzene rings is 1. The van der Waals surface area contributed by atoms with E-state index in [-0.39, 0.29) is 30.1 Å². The molecule has 136 valence electrons. The monoisotopic (exact) mass is 345 g/mol. The molecule has 0 N–H and O–H groups in total. The third-order valence-electron chi connectivity index (χ3n) is 4.94. The van der Waals surface area contributed by atoms with Crippen LogP contribution in [0, 0.1) is 5.92 Å². The summed E-state index contributed by atoms with van der Waals surface area (Å²) < 4.78 is 10.9. The van der Waals surface area contributed by atoms with Gasteiger partial charge in [-0.25, -0.2) is 4.79 Å². The van der Waals surface area contributed by atoms with Crippen molar-refractivity contribution < 1.29 is 19.1 Å². The normalized spacial score (nSPS) is 25.1. The number of esters is 1. The summed E-state index contributed by atoms with van der Waals surface area (Å²) in [5.74, 6) is -0.0138. The van der Waals surface area contributed by atoms with E-state index in [0.29, 0.717) is 13.0 Å². The molecule has 0 spiro atoms. The zero-order chi connectivity index (χ0) is 18.0. The second-order valence-corrected chi connectivity index (χ2v) is 8.03. The molecule has 1 aromatic carbocycles. The van der Waals surface area contributed by atoms with Gasteiger partial charge in [-0.15, -0.1) is 0 Å². The molecule has 0 aliphatic carbocycles. The largest absolute Gasteiger partial charge is 0.461 e. The van der Waals surface area contributed by atoms with Crippen molar-refractivity contribution in [2.24, 2.45) is 5.92 Å². The van der Waals surface area contributed by atoms with E-state index in [4.69, 9.17) is 9.47 Å². The fourth-order valence-corrected chi connectivity index (χ4v) is 3.94. The smallest absolute Gasteiger partial charge is 0.410 e. The molecular formula is C20H27NO4. The fourth-order valence-electron chi connectivity index (χ4n) is 3.94. The van der Waals surface area contributed by atoms with Crippen molar-refractivity contribution in [2.45, 2.75) is 70.7 Å².